The summed E-state index contributed by atoms with van der Waals surface area (Å²) >= 11 is 0. The molecule has 0 heterocycles. The van der Waals surface area contributed by atoms with Crippen molar-refractivity contribution in [3.8, 4) is 11.5 Å². The van der Waals surface area contributed by atoms with E-state index in [9.17, 15) is 9.59 Å². The van der Waals surface area contributed by atoms with Crippen molar-refractivity contribution in [1.82, 2.24) is 5.48 Å². The number of methoxy groups -OCH3 is 1. The lowest BCUT2D eigenvalue weighted by Gasteiger charge is -2.14. The Bertz CT molecular complexity index is 929. The molecule has 2 rings (SSSR count). The summed E-state index contributed by atoms with van der Waals surface area (Å²) in [5.41, 5.74) is 3.66. The molecule has 0 saturated carbocycles. The van der Waals surface area contributed by atoms with Crippen LogP contribution in [0.25, 0.3) is 12.2 Å². The van der Waals surface area contributed by atoms with Gasteiger partial charge in [0.15, 0.2) is 0 Å². The fourth-order valence-corrected chi connectivity index (χ4v) is 2.33. The minimum Gasteiger partial charge on any atom is -0.496 e. The Balaban J connectivity index is 2.57. The molecule has 0 aliphatic carbocycles. The summed E-state index contributed by atoms with van der Waals surface area (Å²) in [7, 11) is 1.50. The van der Waals surface area contributed by atoms with E-state index in [2.05, 4.69) is 6.58 Å². The van der Waals surface area contributed by atoms with Crippen LogP contribution in [0.1, 0.15) is 28.4 Å². The predicted molar refractivity (Wildman–Crippen MR) is 107 cm³/mol. The Hall–Kier alpha value is -3.64. The number of carbonyl (C=O) groups is 2. The summed E-state index contributed by atoms with van der Waals surface area (Å²) < 4.78 is 11.0. The van der Waals surface area contributed by atoms with Gasteiger partial charge in [0.2, 0.25) is 0 Å². The first-order chi connectivity index (χ1) is 13.5. The number of hydrogen-bond donors (Lipinski definition) is 2. The SMILES string of the molecule is C=C(C)C=Cc1c(OC)ccc(C=CC(=O)NO)c1OC(=O)c1ccccc1. The minimum absolute atomic E-state index is 0.215. The average Bonchev–Trinajstić information content (AvgIpc) is 2.71. The Kier molecular flexibility index (Phi) is 7.30. The van der Waals surface area contributed by atoms with E-state index in [1.54, 1.807) is 54.6 Å². The van der Waals surface area contributed by atoms with E-state index in [1.807, 2.05) is 6.92 Å². The zero-order valence-corrected chi connectivity index (χ0v) is 15.6. The van der Waals surface area contributed by atoms with Gasteiger partial charge in [-0.25, -0.2) is 10.3 Å². The van der Waals surface area contributed by atoms with E-state index in [1.165, 1.54) is 18.7 Å². The van der Waals surface area contributed by atoms with Crippen molar-refractivity contribution < 1.29 is 24.3 Å². The summed E-state index contributed by atoms with van der Waals surface area (Å²) in [5.74, 6) is -0.569. The van der Waals surface area contributed by atoms with Gasteiger partial charge in [0.1, 0.15) is 11.5 Å². The van der Waals surface area contributed by atoms with Crippen LogP contribution in [-0.4, -0.2) is 24.2 Å². The van der Waals surface area contributed by atoms with Gasteiger partial charge >= 0.3 is 5.97 Å². The van der Waals surface area contributed by atoms with Crippen LogP contribution in [-0.2, 0) is 4.79 Å². The molecule has 144 valence electrons. The number of ether oxygens (including phenoxy) is 2. The molecule has 2 aromatic rings. The van der Waals surface area contributed by atoms with Gasteiger partial charge in [-0.1, -0.05) is 36.4 Å². The Morgan fingerprint density at radius 1 is 1.07 bits per heavy atom. The Morgan fingerprint density at radius 3 is 2.39 bits per heavy atom. The lowest BCUT2D eigenvalue weighted by molar-refractivity contribution is -0.124. The van der Waals surface area contributed by atoms with Gasteiger partial charge in [-0.05, 0) is 43.3 Å². The largest absolute Gasteiger partial charge is 0.496 e. The van der Waals surface area contributed by atoms with Gasteiger partial charge < -0.3 is 9.47 Å². The second-order valence-electron chi connectivity index (χ2n) is 5.84. The molecule has 6 nitrogen and oxygen atoms in total. The molecule has 0 radical (unpaired) electrons. The number of benzene rings is 2. The minimum atomic E-state index is -0.713. The first kappa shape index (κ1) is 20.7. The summed E-state index contributed by atoms with van der Waals surface area (Å²) in [6.07, 6.45) is 6.02. The van der Waals surface area contributed by atoms with Crippen molar-refractivity contribution >= 4 is 24.0 Å². The molecule has 0 spiro atoms. The summed E-state index contributed by atoms with van der Waals surface area (Å²) in [6.45, 7) is 5.65. The summed E-state index contributed by atoms with van der Waals surface area (Å²) in [5, 5.41) is 8.68. The number of carbonyl (C=O) groups excluding carboxylic acids is 2. The quantitative estimate of drug-likeness (QED) is 0.190. The molecule has 0 aromatic heterocycles. The molecular weight excluding hydrogens is 358 g/mol. The maximum absolute atomic E-state index is 12.6. The molecule has 0 bridgehead atoms. The molecule has 0 aliphatic heterocycles. The van der Waals surface area contributed by atoms with E-state index in [0.29, 0.717) is 22.4 Å². The molecule has 0 unspecified atom stereocenters. The third kappa shape index (κ3) is 5.43. The van der Waals surface area contributed by atoms with Crippen molar-refractivity contribution in [2.75, 3.05) is 7.11 Å². The van der Waals surface area contributed by atoms with Crippen LogP contribution in [0.5, 0.6) is 11.5 Å². The highest BCUT2D eigenvalue weighted by Gasteiger charge is 2.17. The summed E-state index contributed by atoms with van der Waals surface area (Å²) in [4.78, 5) is 24.0. The van der Waals surface area contributed by atoms with E-state index in [-0.39, 0.29) is 5.75 Å². The molecule has 0 saturated heterocycles. The monoisotopic (exact) mass is 379 g/mol. The zero-order chi connectivity index (χ0) is 20.5. The van der Waals surface area contributed by atoms with Crippen LogP contribution < -0.4 is 15.0 Å². The van der Waals surface area contributed by atoms with E-state index in [0.717, 1.165) is 11.6 Å². The molecule has 1 amide bonds. The van der Waals surface area contributed by atoms with Crippen LogP contribution in [0.3, 0.4) is 0 Å². The maximum atomic E-state index is 12.6. The van der Waals surface area contributed by atoms with Gasteiger partial charge in [0.25, 0.3) is 5.91 Å². The zero-order valence-electron chi connectivity index (χ0n) is 15.6. The fourth-order valence-electron chi connectivity index (χ4n) is 2.33. The smallest absolute Gasteiger partial charge is 0.343 e. The molecule has 0 fully saturated rings. The van der Waals surface area contributed by atoms with E-state index in [4.69, 9.17) is 14.7 Å². The van der Waals surface area contributed by atoms with Gasteiger partial charge in [0.05, 0.1) is 18.2 Å². The van der Waals surface area contributed by atoms with Crippen LogP contribution >= 0.6 is 0 Å². The van der Waals surface area contributed by atoms with Crippen LogP contribution in [0, 0.1) is 0 Å². The number of nitrogens with one attached hydrogen (secondary N) is 1. The lowest BCUT2D eigenvalue weighted by atomic mass is 10.0. The molecule has 2 aromatic carbocycles. The van der Waals surface area contributed by atoms with Crippen molar-refractivity contribution in [2.45, 2.75) is 6.92 Å². The highest BCUT2D eigenvalue weighted by molar-refractivity contribution is 5.94. The normalized spacial score (nSPS) is 10.8. The number of rotatable bonds is 7. The van der Waals surface area contributed by atoms with Gasteiger partial charge in [-0.2, -0.15) is 0 Å². The van der Waals surface area contributed by atoms with Crippen LogP contribution in [0.4, 0.5) is 0 Å². The second-order valence-corrected chi connectivity index (χ2v) is 5.84. The van der Waals surface area contributed by atoms with Crippen LogP contribution in [0.15, 0.2) is 66.8 Å². The molecule has 2 N–H and O–H groups in total. The second kappa shape index (κ2) is 9.89. The number of amides is 1. The standard InChI is InChI=1S/C22H21NO5/c1-15(2)9-12-18-19(27-3)13-10-16(11-14-20(24)23-26)21(18)28-22(25)17-7-5-4-6-8-17/h4-14,26H,1H2,2-3H3,(H,23,24). The number of allylic oxidation sites excluding steroid dienone is 2. The predicted octanol–water partition coefficient (Wildman–Crippen LogP) is 4.02. The molecule has 28 heavy (non-hydrogen) atoms. The van der Waals surface area contributed by atoms with Gasteiger partial charge in [-0.15, -0.1) is 0 Å². The van der Waals surface area contributed by atoms with Crippen molar-refractivity contribution in [1.29, 1.82) is 0 Å². The molecular formula is C22H21NO5. The number of hydrogen-bond acceptors (Lipinski definition) is 5. The first-order valence-corrected chi connectivity index (χ1v) is 8.40. The molecule has 0 atom stereocenters. The third-order valence-corrected chi connectivity index (χ3v) is 3.67. The Labute approximate surface area is 163 Å². The van der Waals surface area contributed by atoms with Crippen molar-refractivity contribution in [3.63, 3.8) is 0 Å². The number of esters is 1. The van der Waals surface area contributed by atoms with Gasteiger partial charge in [0, 0.05) is 11.6 Å². The number of hydroxylamine groups is 1. The third-order valence-electron chi connectivity index (χ3n) is 3.67. The fraction of sp³-hybridized carbons (Fsp3) is 0.0909. The highest BCUT2D eigenvalue weighted by atomic mass is 16.5. The van der Waals surface area contributed by atoms with Gasteiger partial charge in [-0.3, -0.25) is 10.0 Å². The van der Waals surface area contributed by atoms with Crippen LogP contribution in [0.2, 0.25) is 0 Å². The van der Waals surface area contributed by atoms with E-state index < -0.39 is 11.9 Å². The van der Waals surface area contributed by atoms with E-state index >= 15 is 0 Å². The average molecular weight is 379 g/mol. The van der Waals surface area contributed by atoms with Crippen molar-refractivity contribution in [3.05, 3.63) is 83.5 Å². The highest BCUT2D eigenvalue weighted by Crippen LogP contribution is 2.35. The lowest BCUT2D eigenvalue weighted by Crippen LogP contribution is -2.15. The Morgan fingerprint density at radius 2 is 1.79 bits per heavy atom. The van der Waals surface area contributed by atoms with Crippen molar-refractivity contribution in [2.24, 2.45) is 0 Å². The maximum Gasteiger partial charge on any atom is 0.343 e. The molecule has 0 aliphatic rings. The summed E-state index contributed by atoms with van der Waals surface area (Å²) in [6, 6.07) is 11.9. The first-order valence-electron chi connectivity index (χ1n) is 8.40. The molecule has 6 heteroatoms. The topological polar surface area (TPSA) is 84.9 Å².